The fourth-order valence-electron chi connectivity index (χ4n) is 0.666. The molecule has 1 fully saturated rings. The summed E-state index contributed by atoms with van der Waals surface area (Å²) in [6, 6.07) is 0. The van der Waals surface area contributed by atoms with Crippen molar-refractivity contribution in [1.82, 2.24) is 0 Å². The number of hydrogen-bond acceptors (Lipinski definition) is 2. The van der Waals surface area contributed by atoms with Crippen LogP contribution in [0.25, 0.3) is 0 Å². The van der Waals surface area contributed by atoms with Crippen LogP contribution in [-0.2, 0) is 4.74 Å². The van der Waals surface area contributed by atoms with Crippen molar-refractivity contribution in [2.45, 2.75) is 32.1 Å². The van der Waals surface area contributed by atoms with E-state index < -0.39 is 0 Å². The van der Waals surface area contributed by atoms with E-state index in [-0.39, 0.29) is 11.8 Å². The molecule has 1 aliphatic rings. The van der Waals surface area contributed by atoms with Crippen molar-refractivity contribution in [3.8, 4) is 0 Å². The molecule has 2 N–H and O–H groups in total. The van der Waals surface area contributed by atoms with E-state index in [1.165, 1.54) is 0 Å². The van der Waals surface area contributed by atoms with Crippen molar-refractivity contribution in [3.63, 3.8) is 0 Å². The Hall–Kier alpha value is -0.0800. The molecular formula is C5H11NO. The third-order valence-electron chi connectivity index (χ3n) is 1.58. The Morgan fingerprint density at radius 2 is 2.29 bits per heavy atom. The molecule has 0 aromatic rings. The lowest BCUT2D eigenvalue weighted by molar-refractivity contribution is 0.294. The van der Waals surface area contributed by atoms with Gasteiger partial charge in [-0.2, -0.15) is 0 Å². The van der Waals surface area contributed by atoms with E-state index in [0.717, 1.165) is 6.42 Å². The van der Waals surface area contributed by atoms with E-state index in [2.05, 4.69) is 0 Å². The summed E-state index contributed by atoms with van der Waals surface area (Å²) in [6.07, 6.45) is 1.21. The molecule has 2 atom stereocenters. The minimum Gasteiger partial charge on any atom is -0.351 e. The predicted octanol–water partition coefficient (Wildman–Crippen LogP) is 0.470. The maximum atomic E-state index is 5.57. The van der Waals surface area contributed by atoms with Crippen LogP contribution >= 0.6 is 0 Å². The zero-order valence-corrected chi connectivity index (χ0v) is 4.77. The van der Waals surface area contributed by atoms with Gasteiger partial charge in [0, 0.05) is 0 Å². The molecule has 1 rings (SSSR count). The fourth-order valence-corrected chi connectivity index (χ4v) is 0.666. The van der Waals surface area contributed by atoms with Gasteiger partial charge in [0.25, 0.3) is 0 Å². The van der Waals surface area contributed by atoms with Gasteiger partial charge in [-0.25, -0.2) is 0 Å². The number of hydrogen-bond donors (Lipinski definition) is 1. The standard InChI is InChI=1S/C5H11NO/c1-3-5(6)4(2)7-5/h4H,3,6H2,1-2H3. The summed E-state index contributed by atoms with van der Waals surface area (Å²) in [4.78, 5) is 0. The summed E-state index contributed by atoms with van der Waals surface area (Å²) in [5.41, 5.74) is 5.32. The molecular weight excluding hydrogens is 90.1 g/mol. The zero-order valence-electron chi connectivity index (χ0n) is 4.77. The van der Waals surface area contributed by atoms with E-state index in [4.69, 9.17) is 10.5 Å². The van der Waals surface area contributed by atoms with Crippen LogP contribution in [-0.4, -0.2) is 11.8 Å². The van der Waals surface area contributed by atoms with Gasteiger partial charge in [0.05, 0.1) is 6.10 Å². The van der Waals surface area contributed by atoms with Crippen LogP contribution in [0.5, 0.6) is 0 Å². The Bertz CT molecular complexity index is 80.1. The first-order valence-corrected chi connectivity index (χ1v) is 2.66. The summed E-state index contributed by atoms with van der Waals surface area (Å²) in [7, 11) is 0. The number of nitrogens with two attached hydrogens (primary N) is 1. The maximum Gasteiger partial charge on any atom is 0.143 e. The van der Waals surface area contributed by atoms with Crippen molar-refractivity contribution in [3.05, 3.63) is 0 Å². The van der Waals surface area contributed by atoms with Crippen LogP contribution in [0.2, 0.25) is 0 Å². The van der Waals surface area contributed by atoms with Gasteiger partial charge >= 0.3 is 0 Å². The highest BCUT2D eigenvalue weighted by Gasteiger charge is 2.47. The molecule has 0 aromatic carbocycles. The van der Waals surface area contributed by atoms with Crippen molar-refractivity contribution in [2.75, 3.05) is 0 Å². The normalized spacial score (nSPS) is 49.3. The molecule has 1 heterocycles. The SMILES string of the molecule is CCC1(N)OC1C. The summed E-state index contributed by atoms with van der Waals surface area (Å²) in [5, 5.41) is 0. The molecule has 0 saturated carbocycles. The molecule has 2 nitrogen and oxygen atoms in total. The monoisotopic (exact) mass is 101 g/mol. The first-order chi connectivity index (χ1) is 3.19. The highest BCUT2D eigenvalue weighted by Crippen LogP contribution is 2.32. The molecule has 0 aromatic heterocycles. The van der Waals surface area contributed by atoms with Crippen LogP contribution < -0.4 is 5.73 Å². The smallest absolute Gasteiger partial charge is 0.143 e. The highest BCUT2D eigenvalue weighted by atomic mass is 16.6. The number of rotatable bonds is 1. The van der Waals surface area contributed by atoms with E-state index in [9.17, 15) is 0 Å². The summed E-state index contributed by atoms with van der Waals surface area (Å²) < 4.78 is 5.03. The molecule has 0 spiro atoms. The minimum atomic E-state index is -0.250. The lowest BCUT2D eigenvalue weighted by Crippen LogP contribution is -2.24. The number of epoxide rings is 1. The molecule has 1 aliphatic heterocycles. The van der Waals surface area contributed by atoms with Crippen LogP contribution in [0, 0.1) is 0 Å². The van der Waals surface area contributed by atoms with Gasteiger partial charge in [-0.05, 0) is 13.3 Å². The van der Waals surface area contributed by atoms with E-state index in [1.54, 1.807) is 0 Å². The Labute approximate surface area is 43.6 Å². The van der Waals surface area contributed by atoms with Gasteiger partial charge in [0.1, 0.15) is 5.72 Å². The second-order valence-electron chi connectivity index (χ2n) is 2.07. The van der Waals surface area contributed by atoms with E-state index >= 15 is 0 Å². The van der Waals surface area contributed by atoms with Crippen LogP contribution in [0.3, 0.4) is 0 Å². The van der Waals surface area contributed by atoms with Gasteiger partial charge in [-0.15, -0.1) is 0 Å². The summed E-state index contributed by atoms with van der Waals surface area (Å²) in [5.74, 6) is 0. The Balaban J connectivity index is 2.36. The highest BCUT2D eigenvalue weighted by molar-refractivity contribution is 4.92. The molecule has 2 unspecified atom stereocenters. The summed E-state index contributed by atoms with van der Waals surface area (Å²) >= 11 is 0. The summed E-state index contributed by atoms with van der Waals surface area (Å²) in [6.45, 7) is 4.02. The average Bonchev–Trinajstić information content (AvgIpc) is 2.18. The molecule has 1 saturated heterocycles. The molecule has 0 aliphatic carbocycles. The fraction of sp³-hybridized carbons (Fsp3) is 1.00. The van der Waals surface area contributed by atoms with Gasteiger partial charge in [-0.1, -0.05) is 6.92 Å². The Morgan fingerprint density at radius 3 is 2.29 bits per heavy atom. The molecule has 0 radical (unpaired) electrons. The third-order valence-corrected chi connectivity index (χ3v) is 1.58. The average molecular weight is 101 g/mol. The maximum absolute atomic E-state index is 5.57. The minimum absolute atomic E-state index is 0.250. The quantitative estimate of drug-likeness (QED) is 0.487. The molecule has 42 valence electrons. The Morgan fingerprint density at radius 1 is 1.86 bits per heavy atom. The molecule has 2 heteroatoms. The zero-order chi connectivity index (χ0) is 5.49. The lowest BCUT2D eigenvalue weighted by Gasteiger charge is -1.95. The van der Waals surface area contributed by atoms with Crippen molar-refractivity contribution in [1.29, 1.82) is 0 Å². The van der Waals surface area contributed by atoms with Gasteiger partial charge in [-0.3, -0.25) is 0 Å². The van der Waals surface area contributed by atoms with Crippen LogP contribution in [0.15, 0.2) is 0 Å². The van der Waals surface area contributed by atoms with Gasteiger partial charge in [0.15, 0.2) is 0 Å². The number of ether oxygens (including phenoxy) is 1. The van der Waals surface area contributed by atoms with Gasteiger partial charge in [0.2, 0.25) is 0 Å². The van der Waals surface area contributed by atoms with Crippen molar-refractivity contribution >= 4 is 0 Å². The lowest BCUT2D eigenvalue weighted by atomic mass is 10.2. The second kappa shape index (κ2) is 1.20. The van der Waals surface area contributed by atoms with E-state index in [1.807, 2.05) is 13.8 Å². The predicted molar refractivity (Wildman–Crippen MR) is 27.8 cm³/mol. The molecule has 0 bridgehead atoms. The third kappa shape index (κ3) is 0.640. The van der Waals surface area contributed by atoms with Crippen LogP contribution in [0.4, 0.5) is 0 Å². The van der Waals surface area contributed by atoms with E-state index in [0.29, 0.717) is 0 Å². The first kappa shape index (κ1) is 5.06. The van der Waals surface area contributed by atoms with Crippen molar-refractivity contribution in [2.24, 2.45) is 5.73 Å². The molecule has 0 amide bonds. The molecule has 7 heavy (non-hydrogen) atoms. The Kier molecular flexibility index (Phi) is 0.869. The van der Waals surface area contributed by atoms with Crippen LogP contribution in [0.1, 0.15) is 20.3 Å². The topological polar surface area (TPSA) is 38.5 Å². The second-order valence-corrected chi connectivity index (χ2v) is 2.07. The largest absolute Gasteiger partial charge is 0.351 e. The van der Waals surface area contributed by atoms with Crippen molar-refractivity contribution < 1.29 is 4.74 Å². The first-order valence-electron chi connectivity index (χ1n) is 2.66. The van der Waals surface area contributed by atoms with Gasteiger partial charge < -0.3 is 10.5 Å².